The first-order valence-electron chi connectivity index (χ1n) is 35.6. The number of carbonyl (C=O) groups is 3. The normalized spacial score (nSPS) is 52.9. The Morgan fingerprint density at radius 3 is 1.82 bits per heavy atom. The van der Waals surface area contributed by atoms with Crippen molar-refractivity contribution in [3.05, 3.63) is 11.6 Å². The lowest BCUT2D eigenvalue weighted by molar-refractivity contribution is -0.375. The number of carbonyl (C=O) groups excluding carboxylic acids is 2. The highest BCUT2D eigenvalue weighted by Gasteiger charge is 2.73. The Bertz CT molecular complexity index is 2930. The van der Waals surface area contributed by atoms with E-state index in [-0.39, 0.29) is 49.5 Å². The van der Waals surface area contributed by atoms with Crippen LogP contribution in [0.25, 0.3) is 0 Å². The van der Waals surface area contributed by atoms with Crippen LogP contribution in [0, 0.1) is 56.2 Å². The summed E-state index contributed by atoms with van der Waals surface area (Å²) >= 11 is 0. The van der Waals surface area contributed by atoms with Crippen molar-refractivity contribution in [2.45, 2.75) is 304 Å². The summed E-state index contributed by atoms with van der Waals surface area (Å²) in [6, 6.07) is 0. The summed E-state index contributed by atoms with van der Waals surface area (Å²) in [4.78, 5) is 41.5. The molecule has 5 saturated carbocycles. The van der Waals surface area contributed by atoms with Crippen molar-refractivity contribution >= 4 is 17.9 Å². The smallest absolute Gasteiger partial charge is 0.335 e. The van der Waals surface area contributed by atoms with E-state index in [2.05, 4.69) is 40.7 Å². The first-order chi connectivity index (χ1) is 47.4. The number of hydrogen-bond acceptors (Lipinski definition) is 31. The molecule has 32 nitrogen and oxygen atoms in total. The maximum absolute atomic E-state index is 15.9. The molecule has 11 rings (SSSR count). The highest BCUT2D eigenvalue weighted by molar-refractivity contribution is 5.80. The summed E-state index contributed by atoms with van der Waals surface area (Å²) in [5.41, 5.74) is -4.11. The molecule has 15 N–H and O–H groups in total. The van der Waals surface area contributed by atoms with Gasteiger partial charge >= 0.3 is 17.9 Å². The van der Waals surface area contributed by atoms with Crippen LogP contribution in [0.4, 0.5) is 0 Å². The van der Waals surface area contributed by atoms with E-state index in [1.807, 2.05) is 6.92 Å². The third-order valence-electron chi connectivity index (χ3n) is 26.2. The fourth-order valence-corrected chi connectivity index (χ4v) is 20.3. The van der Waals surface area contributed by atoms with Gasteiger partial charge in [0.1, 0.15) is 97.0 Å². The van der Waals surface area contributed by atoms with Crippen molar-refractivity contribution in [1.29, 1.82) is 0 Å². The molecular weight excluding hydrogens is 1340 g/mol. The fourth-order valence-electron chi connectivity index (χ4n) is 20.3. The zero-order valence-corrected chi connectivity index (χ0v) is 59.2. The van der Waals surface area contributed by atoms with Crippen LogP contribution in [0.3, 0.4) is 0 Å². The molecule has 5 aliphatic heterocycles. The van der Waals surface area contributed by atoms with Gasteiger partial charge in [0, 0.05) is 39.1 Å². The molecule has 10 fully saturated rings. The van der Waals surface area contributed by atoms with Crippen LogP contribution in [0.2, 0.25) is 0 Å². The van der Waals surface area contributed by atoms with Crippen LogP contribution >= 0.6 is 0 Å². The van der Waals surface area contributed by atoms with Gasteiger partial charge in [-0.25, -0.2) is 4.79 Å². The lowest BCUT2D eigenvalue weighted by atomic mass is 9.33. The van der Waals surface area contributed by atoms with Crippen molar-refractivity contribution < 1.29 is 157 Å². The summed E-state index contributed by atoms with van der Waals surface area (Å²) < 4.78 is 85.1. The molecule has 0 aromatic carbocycles. The Kier molecular flexibility index (Phi) is 23.5. The summed E-state index contributed by atoms with van der Waals surface area (Å²) in [6.45, 7) is 15.0. The van der Waals surface area contributed by atoms with Crippen molar-refractivity contribution in [2.24, 2.45) is 56.2 Å². The van der Waals surface area contributed by atoms with Crippen LogP contribution < -0.4 is 0 Å². The topological polar surface area (TPSA) is 484 Å². The molecule has 0 spiro atoms. The number of carboxylic acids is 1. The first kappa shape index (κ1) is 79.2. The van der Waals surface area contributed by atoms with E-state index < -0.39 is 255 Å². The number of methoxy groups -OCH3 is 2. The molecule has 101 heavy (non-hydrogen) atoms. The predicted octanol–water partition coefficient (Wildman–Crippen LogP) is -2.48. The van der Waals surface area contributed by atoms with Crippen LogP contribution in [0.5, 0.6) is 0 Å². The third-order valence-corrected chi connectivity index (χ3v) is 26.2. The molecule has 0 radical (unpaired) electrons. The summed E-state index contributed by atoms with van der Waals surface area (Å²) in [5, 5.41) is 169. The molecule has 6 aliphatic carbocycles. The Balaban J connectivity index is 0.866. The van der Waals surface area contributed by atoms with E-state index >= 15 is 4.79 Å². The Morgan fingerprint density at radius 1 is 0.554 bits per heavy atom. The van der Waals surface area contributed by atoms with E-state index in [9.17, 15) is 86.2 Å². The first-order valence-corrected chi connectivity index (χ1v) is 35.6. The van der Waals surface area contributed by atoms with Gasteiger partial charge in [0.2, 0.25) is 6.29 Å². The van der Waals surface area contributed by atoms with Gasteiger partial charge in [-0.1, -0.05) is 53.2 Å². The largest absolute Gasteiger partial charge is 0.479 e. The van der Waals surface area contributed by atoms with Crippen LogP contribution in [0.1, 0.15) is 127 Å². The lowest BCUT2D eigenvalue weighted by Gasteiger charge is -2.72. The van der Waals surface area contributed by atoms with Crippen LogP contribution in [0.15, 0.2) is 11.6 Å². The number of aliphatic hydroxyl groups is 14. The third kappa shape index (κ3) is 13.7. The Hall–Kier alpha value is -2.89. The molecule has 0 amide bonds. The second-order valence-electron chi connectivity index (χ2n) is 32.4. The number of hydrogen-bond donors (Lipinski definition) is 15. The van der Waals surface area contributed by atoms with Crippen LogP contribution in [-0.2, 0) is 80.7 Å². The van der Waals surface area contributed by atoms with Gasteiger partial charge < -0.3 is 143 Å². The molecule has 5 saturated heterocycles. The molecule has 0 aromatic rings. The molecular formula is C69H110O32. The lowest BCUT2D eigenvalue weighted by Crippen LogP contribution is -2.69. The van der Waals surface area contributed by atoms with E-state index in [1.165, 1.54) is 21.1 Å². The quantitative estimate of drug-likeness (QED) is 0.0384. The summed E-state index contributed by atoms with van der Waals surface area (Å²) in [7, 11) is 2.60. The Labute approximate surface area is 586 Å². The number of ether oxygens (including phenoxy) is 14. The summed E-state index contributed by atoms with van der Waals surface area (Å²) in [6.07, 6.45) is -40.1. The fraction of sp³-hybridized carbons (Fsp3) is 0.928. The molecule has 22 unspecified atom stereocenters. The average Bonchev–Trinajstić information content (AvgIpc) is 0.670. The van der Waals surface area contributed by atoms with Crippen molar-refractivity contribution in [1.82, 2.24) is 0 Å². The van der Waals surface area contributed by atoms with Crippen LogP contribution in [-0.4, -0.2) is 313 Å². The molecule has 0 aromatic heterocycles. The van der Waals surface area contributed by atoms with Gasteiger partial charge in [0.05, 0.1) is 56.4 Å². The molecule has 32 heteroatoms. The van der Waals surface area contributed by atoms with Gasteiger partial charge in [-0.15, -0.1) is 0 Å². The van der Waals surface area contributed by atoms with Gasteiger partial charge in [0.15, 0.2) is 43.5 Å². The minimum Gasteiger partial charge on any atom is -0.479 e. The molecule has 0 bridgehead atoms. The Morgan fingerprint density at radius 2 is 1.18 bits per heavy atom. The zero-order chi connectivity index (χ0) is 73.9. The predicted molar refractivity (Wildman–Crippen MR) is 339 cm³/mol. The van der Waals surface area contributed by atoms with E-state index in [0.717, 1.165) is 12.5 Å². The number of carboxylic acid groups (broad SMARTS) is 1. The highest BCUT2D eigenvalue weighted by atomic mass is 16.8. The number of aliphatic hydroxyl groups excluding tert-OH is 14. The number of fused-ring (bicyclic) bond motifs is 7. The van der Waals surface area contributed by atoms with E-state index in [1.54, 1.807) is 6.92 Å². The minimum atomic E-state index is -2.14. The standard InChI is InChI=1S/C69H110O32/c1-27-49(94-29(3)72)45(81)55(100-60-48(84)52(89-11)50(28(2)92-60)97-59-47(83)51(88-10)34(74)25-91-59)61(93-27)101-63(87)69-19-18-64(4,5)21-32(69)31-12-13-37-65(6)16-15-39(66(7,26-71)36(65)14-17-67(37,8)68(31,9)22-38(69)75)96-62-56(95-35-20-30(23-70)40(76)43(79)42(35)78)53(46(82)54(99-62)57(85)86)98-58-44(80)41(77)33(73)24-90-58/h12,27-28,30,32-56,58-62,70-71,73-84H,13-26H2,1-11H3,(H,85,86)/t27?,28?,30?,32?,33-,34-,35-,36?,37?,38?,39?,40+,41?,42?,43?,44?,45?,46+,47?,48?,49+,50+,51?,52?,53?,54?,55?,56?,58+,59+,60+,61+,62-,65+,66?,67-,68-,69-/m1/s1. The molecule has 38 atom stereocenters. The second kappa shape index (κ2) is 29.9. The second-order valence-corrected chi connectivity index (χ2v) is 32.4. The maximum Gasteiger partial charge on any atom is 0.335 e. The maximum atomic E-state index is 15.9. The highest BCUT2D eigenvalue weighted by Crippen LogP contribution is 2.76. The number of aliphatic carboxylic acids is 1. The van der Waals surface area contributed by atoms with Gasteiger partial charge in [-0.2, -0.15) is 0 Å². The van der Waals surface area contributed by atoms with Crippen molar-refractivity contribution in [3.8, 4) is 0 Å². The van der Waals surface area contributed by atoms with Gasteiger partial charge in [-0.05, 0) is 117 Å². The van der Waals surface area contributed by atoms with Gasteiger partial charge in [-0.3, -0.25) is 9.59 Å². The molecule has 578 valence electrons. The number of rotatable bonds is 18. The number of esters is 2. The molecule has 5 heterocycles. The SMILES string of the molecule is COC1C(O)[C@H](OC2C(O)[C@@H](OC(C)=O)C(C)O[C@H]2OC(=O)[C@]23CCC(C)(C)CC2C2=CCC4[C@@]5(C)CCC(O[C@@H]6OC(C(=O)O)[C@@H](O)C(O[C@@H]7OC[C@@H](O)C(O)C7O)C6O[C@@H]6CC(CO)[C@H](O)C(O)C6O)C(C)(CO)C5CC[C@@]4(C)[C@]2(C)CC3O)OC(C)[C@@H]1O[C@@H]1OC[C@@H](O)C(OC)C1O. The minimum absolute atomic E-state index is 0.103. The average molecular weight is 1450 g/mol. The van der Waals surface area contributed by atoms with Crippen molar-refractivity contribution in [2.75, 3.05) is 40.6 Å². The zero-order valence-electron chi connectivity index (χ0n) is 59.2. The van der Waals surface area contributed by atoms with Crippen molar-refractivity contribution in [3.63, 3.8) is 0 Å². The number of allylic oxidation sites excluding steroid dienone is 2. The van der Waals surface area contributed by atoms with E-state index in [4.69, 9.17) is 66.3 Å². The summed E-state index contributed by atoms with van der Waals surface area (Å²) in [5.74, 6) is -5.41. The van der Waals surface area contributed by atoms with E-state index in [0.29, 0.717) is 38.5 Å². The van der Waals surface area contributed by atoms with Gasteiger partial charge in [0.25, 0.3) is 0 Å². The molecule has 11 aliphatic rings. The monoisotopic (exact) mass is 1450 g/mol.